The number of fused-ring (bicyclic) bond motifs is 1. The molecule has 0 bridgehead atoms. The maximum atomic E-state index is 12.9. The van der Waals surface area contributed by atoms with E-state index in [1.54, 1.807) is 10.8 Å². The molecule has 33 heavy (non-hydrogen) atoms. The minimum absolute atomic E-state index is 0.0335. The van der Waals surface area contributed by atoms with Gasteiger partial charge in [-0.05, 0) is 44.2 Å². The van der Waals surface area contributed by atoms with Gasteiger partial charge in [-0.25, -0.2) is 4.98 Å². The van der Waals surface area contributed by atoms with Crippen LogP contribution < -0.4 is 15.8 Å². The van der Waals surface area contributed by atoms with Crippen molar-refractivity contribution in [3.8, 4) is 12.3 Å². The Morgan fingerprint density at radius 2 is 1.85 bits per heavy atom. The molecule has 4 heterocycles. The van der Waals surface area contributed by atoms with E-state index in [9.17, 15) is 4.79 Å². The monoisotopic (exact) mass is 444 g/mol. The molecule has 170 valence electrons. The van der Waals surface area contributed by atoms with E-state index < -0.39 is 0 Å². The van der Waals surface area contributed by atoms with Crippen LogP contribution in [0, 0.1) is 12.3 Å². The SMILES string of the molecule is C#Cc1cc(=O)n(C2CCOCC2)c2nc(Nc3ccc(N4CCN(C)CC4)cc3)ncc12. The highest BCUT2D eigenvalue weighted by Gasteiger charge is 2.21. The third kappa shape index (κ3) is 4.42. The Hall–Kier alpha value is -3.41. The van der Waals surface area contributed by atoms with Gasteiger partial charge in [0.1, 0.15) is 5.65 Å². The third-order valence-corrected chi connectivity index (χ3v) is 6.50. The highest BCUT2D eigenvalue weighted by Crippen LogP contribution is 2.26. The molecule has 0 amide bonds. The number of pyridine rings is 1. The molecule has 8 nitrogen and oxygen atoms in total. The molecule has 0 atom stereocenters. The van der Waals surface area contributed by atoms with E-state index in [0.717, 1.165) is 44.7 Å². The number of nitrogens with zero attached hydrogens (tertiary/aromatic N) is 5. The molecular formula is C25H28N6O2. The highest BCUT2D eigenvalue weighted by molar-refractivity contribution is 5.82. The van der Waals surface area contributed by atoms with E-state index in [4.69, 9.17) is 16.1 Å². The predicted octanol–water partition coefficient (Wildman–Crippen LogP) is 2.62. The van der Waals surface area contributed by atoms with Crippen LogP contribution in [-0.4, -0.2) is 65.9 Å². The zero-order valence-electron chi connectivity index (χ0n) is 18.8. The van der Waals surface area contributed by atoms with E-state index in [0.29, 0.717) is 35.8 Å². The number of likely N-dealkylation sites (N-methyl/N-ethyl adjacent to an activating group) is 1. The summed E-state index contributed by atoms with van der Waals surface area (Å²) in [5.41, 5.74) is 3.04. The molecule has 0 unspecified atom stereocenters. The van der Waals surface area contributed by atoms with Crippen molar-refractivity contribution < 1.29 is 4.74 Å². The Kier molecular flexibility index (Phi) is 5.99. The van der Waals surface area contributed by atoms with Gasteiger partial charge < -0.3 is 19.9 Å². The normalized spacial score (nSPS) is 17.8. The lowest BCUT2D eigenvalue weighted by Crippen LogP contribution is -2.44. The molecule has 2 fully saturated rings. The highest BCUT2D eigenvalue weighted by atomic mass is 16.5. The minimum atomic E-state index is -0.136. The Bertz CT molecular complexity index is 1230. The Morgan fingerprint density at radius 3 is 2.55 bits per heavy atom. The van der Waals surface area contributed by atoms with Gasteiger partial charge in [-0.15, -0.1) is 6.42 Å². The summed E-state index contributed by atoms with van der Waals surface area (Å²) < 4.78 is 7.23. The molecule has 5 rings (SSSR count). The van der Waals surface area contributed by atoms with Crippen LogP contribution >= 0.6 is 0 Å². The average molecular weight is 445 g/mol. The van der Waals surface area contributed by atoms with Crippen molar-refractivity contribution in [3.63, 3.8) is 0 Å². The number of benzene rings is 1. The number of hydrogen-bond donors (Lipinski definition) is 1. The van der Waals surface area contributed by atoms with Gasteiger partial charge in [0.2, 0.25) is 5.95 Å². The molecule has 2 saturated heterocycles. The van der Waals surface area contributed by atoms with E-state index in [1.165, 1.54) is 11.8 Å². The number of nitrogens with one attached hydrogen (secondary N) is 1. The van der Waals surface area contributed by atoms with Crippen LogP contribution in [0.4, 0.5) is 17.3 Å². The first-order valence-electron chi connectivity index (χ1n) is 11.4. The van der Waals surface area contributed by atoms with E-state index in [1.807, 2.05) is 12.1 Å². The maximum Gasteiger partial charge on any atom is 0.253 e. The van der Waals surface area contributed by atoms with E-state index in [-0.39, 0.29) is 11.6 Å². The van der Waals surface area contributed by atoms with Gasteiger partial charge in [-0.3, -0.25) is 9.36 Å². The molecule has 2 aromatic heterocycles. The Morgan fingerprint density at radius 1 is 1.12 bits per heavy atom. The van der Waals surface area contributed by atoms with Crippen molar-refractivity contribution in [2.45, 2.75) is 18.9 Å². The van der Waals surface area contributed by atoms with Crippen LogP contribution in [0.5, 0.6) is 0 Å². The van der Waals surface area contributed by atoms with Gasteiger partial charge in [0.25, 0.3) is 5.56 Å². The van der Waals surface area contributed by atoms with Crippen molar-refractivity contribution >= 4 is 28.4 Å². The minimum Gasteiger partial charge on any atom is -0.381 e. The second-order valence-electron chi connectivity index (χ2n) is 8.65. The third-order valence-electron chi connectivity index (χ3n) is 6.50. The van der Waals surface area contributed by atoms with E-state index in [2.05, 4.69) is 45.2 Å². The lowest BCUT2D eigenvalue weighted by molar-refractivity contribution is 0.0697. The van der Waals surface area contributed by atoms with Crippen LogP contribution in [0.3, 0.4) is 0 Å². The summed E-state index contributed by atoms with van der Waals surface area (Å²) >= 11 is 0. The molecule has 0 saturated carbocycles. The second-order valence-corrected chi connectivity index (χ2v) is 8.65. The number of piperazine rings is 1. The fraction of sp³-hybridized carbons (Fsp3) is 0.400. The first kappa shape index (κ1) is 21.4. The topological polar surface area (TPSA) is 75.5 Å². The van der Waals surface area contributed by atoms with Crippen LogP contribution in [0.2, 0.25) is 0 Å². The number of hydrogen-bond acceptors (Lipinski definition) is 7. The van der Waals surface area contributed by atoms with E-state index >= 15 is 0 Å². The zero-order valence-corrected chi connectivity index (χ0v) is 18.8. The molecule has 8 heteroatoms. The van der Waals surface area contributed by atoms with Crippen molar-refractivity contribution in [2.24, 2.45) is 0 Å². The predicted molar refractivity (Wildman–Crippen MR) is 130 cm³/mol. The standard InChI is InChI=1S/C25H28N6O2/c1-3-18-16-23(32)31(21-8-14-33-15-9-21)24-22(18)17-26-25(28-24)27-19-4-6-20(7-5-19)30-12-10-29(2)11-13-30/h1,4-7,16-17,21H,8-15H2,2H3,(H,26,27,28). The molecule has 0 aliphatic carbocycles. The van der Waals surface area contributed by atoms with Crippen molar-refractivity contribution in [3.05, 3.63) is 52.4 Å². The van der Waals surface area contributed by atoms with Gasteiger partial charge >= 0.3 is 0 Å². The fourth-order valence-electron chi connectivity index (χ4n) is 4.55. The fourth-order valence-corrected chi connectivity index (χ4v) is 4.55. The Balaban J connectivity index is 1.44. The lowest BCUT2D eigenvalue weighted by Gasteiger charge is -2.34. The quantitative estimate of drug-likeness (QED) is 0.620. The summed E-state index contributed by atoms with van der Waals surface area (Å²) in [7, 11) is 2.15. The van der Waals surface area contributed by atoms with Gasteiger partial charge in [-0.2, -0.15) is 4.98 Å². The molecule has 2 aliphatic heterocycles. The first-order valence-corrected chi connectivity index (χ1v) is 11.4. The molecule has 3 aromatic rings. The van der Waals surface area contributed by atoms with Crippen molar-refractivity contribution in [1.82, 2.24) is 19.4 Å². The average Bonchev–Trinajstić information content (AvgIpc) is 2.85. The summed E-state index contributed by atoms with van der Waals surface area (Å²) in [4.78, 5) is 26.9. The molecule has 0 spiro atoms. The van der Waals surface area contributed by atoms with Gasteiger partial charge in [-0.1, -0.05) is 5.92 Å². The first-order chi connectivity index (χ1) is 16.1. The number of terminal acetylenes is 1. The van der Waals surface area contributed by atoms with Crippen LogP contribution in [0.1, 0.15) is 24.4 Å². The van der Waals surface area contributed by atoms with Crippen molar-refractivity contribution in [2.75, 3.05) is 56.7 Å². The lowest BCUT2D eigenvalue weighted by atomic mass is 10.1. The largest absolute Gasteiger partial charge is 0.381 e. The van der Waals surface area contributed by atoms with Crippen molar-refractivity contribution in [1.29, 1.82) is 0 Å². The summed E-state index contributed by atoms with van der Waals surface area (Å²) in [6.07, 6.45) is 8.90. The number of anilines is 3. The number of aromatic nitrogens is 3. The van der Waals surface area contributed by atoms with Gasteiger partial charge in [0.15, 0.2) is 0 Å². The summed E-state index contributed by atoms with van der Waals surface area (Å²) in [6.45, 7) is 5.45. The molecule has 2 aliphatic rings. The smallest absolute Gasteiger partial charge is 0.253 e. The van der Waals surface area contributed by atoms with Gasteiger partial charge in [0.05, 0.1) is 5.39 Å². The molecular weight excluding hydrogens is 416 g/mol. The molecule has 1 N–H and O–H groups in total. The van der Waals surface area contributed by atoms with Crippen LogP contribution in [-0.2, 0) is 4.74 Å². The summed E-state index contributed by atoms with van der Waals surface area (Å²) in [6, 6.07) is 9.83. The summed E-state index contributed by atoms with van der Waals surface area (Å²) in [5, 5.41) is 3.99. The Labute approximate surface area is 193 Å². The molecule has 1 aromatic carbocycles. The van der Waals surface area contributed by atoms with Crippen LogP contribution in [0.25, 0.3) is 11.0 Å². The number of rotatable bonds is 4. The van der Waals surface area contributed by atoms with Gasteiger partial charge in [0, 0.05) is 74.6 Å². The molecule has 0 radical (unpaired) electrons. The van der Waals surface area contributed by atoms with Crippen LogP contribution in [0.15, 0.2) is 41.3 Å². The number of ether oxygens (including phenoxy) is 1. The second kappa shape index (κ2) is 9.22. The summed E-state index contributed by atoms with van der Waals surface area (Å²) in [5.74, 6) is 3.04. The zero-order chi connectivity index (χ0) is 22.8. The maximum absolute atomic E-state index is 12.9.